The van der Waals surface area contributed by atoms with Crippen molar-refractivity contribution in [1.29, 1.82) is 0 Å². The molecule has 4 rings (SSSR count). The van der Waals surface area contributed by atoms with E-state index < -0.39 is 5.60 Å². The van der Waals surface area contributed by atoms with Gasteiger partial charge in [-0.05, 0) is 60.9 Å². The topological polar surface area (TPSA) is 51.4 Å². The van der Waals surface area contributed by atoms with Gasteiger partial charge in [0.1, 0.15) is 5.60 Å². The quantitative estimate of drug-likeness (QED) is 0.240. The molecule has 33 heavy (non-hydrogen) atoms. The van der Waals surface area contributed by atoms with Gasteiger partial charge < -0.3 is 9.75 Å². The molecule has 3 aromatic rings. The number of benzene rings is 2. The maximum atomic E-state index is 6.59. The van der Waals surface area contributed by atoms with E-state index in [1.165, 1.54) is 5.01 Å². The molecule has 0 atom stereocenters. The fourth-order valence-corrected chi connectivity index (χ4v) is 4.22. The SMILES string of the molecule is C=C/C(=C\N(C)N)C1=CC(C)(C)Oc2nc(-c3ccccc3Cl)c(-c3ccc(Cl)cc3)cc21. The fraction of sp³-hybridized carbons (Fsp3) is 0.148. The van der Waals surface area contributed by atoms with Crippen molar-refractivity contribution in [3.8, 4) is 28.3 Å². The van der Waals surface area contributed by atoms with Gasteiger partial charge in [-0.1, -0.05) is 66.2 Å². The molecular formula is C27H25Cl2N3O. The molecule has 4 nitrogen and oxygen atoms in total. The lowest BCUT2D eigenvalue weighted by Crippen LogP contribution is -2.30. The Bertz CT molecular complexity index is 1280. The normalized spacial score (nSPS) is 14.7. The molecule has 0 bridgehead atoms. The summed E-state index contributed by atoms with van der Waals surface area (Å²) in [6.07, 6.45) is 5.67. The van der Waals surface area contributed by atoms with Crippen LogP contribution in [0.3, 0.4) is 0 Å². The number of rotatable bonds is 5. The number of hydrogen-bond donors (Lipinski definition) is 1. The van der Waals surface area contributed by atoms with Crippen molar-refractivity contribution in [1.82, 2.24) is 9.99 Å². The Morgan fingerprint density at radius 2 is 1.76 bits per heavy atom. The molecule has 2 N–H and O–H groups in total. The largest absolute Gasteiger partial charge is 0.467 e. The van der Waals surface area contributed by atoms with Crippen LogP contribution in [0.2, 0.25) is 10.0 Å². The lowest BCUT2D eigenvalue weighted by atomic mass is 9.88. The molecule has 168 valence electrons. The summed E-state index contributed by atoms with van der Waals surface area (Å²) in [6, 6.07) is 17.4. The van der Waals surface area contributed by atoms with E-state index in [0.29, 0.717) is 15.9 Å². The van der Waals surface area contributed by atoms with Gasteiger partial charge in [0.2, 0.25) is 5.88 Å². The van der Waals surface area contributed by atoms with Gasteiger partial charge in [0.05, 0.1) is 5.69 Å². The van der Waals surface area contributed by atoms with Crippen molar-refractivity contribution in [2.45, 2.75) is 19.4 Å². The lowest BCUT2D eigenvalue weighted by Gasteiger charge is -2.32. The molecule has 0 spiro atoms. The number of pyridine rings is 1. The van der Waals surface area contributed by atoms with Crippen LogP contribution in [0.5, 0.6) is 5.88 Å². The first-order chi connectivity index (χ1) is 15.7. The van der Waals surface area contributed by atoms with Crippen LogP contribution >= 0.6 is 23.2 Å². The maximum Gasteiger partial charge on any atom is 0.222 e. The molecule has 0 fully saturated rings. The molecule has 1 aromatic heterocycles. The second kappa shape index (κ2) is 9.06. The molecule has 0 unspecified atom stereocenters. The maximum absolute atomic E-state index is 6.59. The van der Waals surface area contributed by atoms with Crippen LogP contribution in [0.1, 0.15) is 19.4 Å². The predicted octanol–water partition coefficient (Wildman–Crippen LogP) is 7.15. The van der Waals surface area contributed by atoms with Crippen LogP contribution in [0.4, 0.5) is 0 Å². The van der Waals surface area contributed by atoms with Gasteiger partial charge in [0.25, 0.3) is 0 Å². The van der Waals surface area contributed by atoms with Crippen LogP contribution in [-0.4, -0.2) is 22.6 Å². The summed E-state index contributed by atoms with van der Waals surface area (Å²) in [6.45, 7) is 7.98. The number of allylic oxidation sites excluding steroid dienone is 3. The minimum Gasteiger partial charge on any atom is -0.467 e. The Kier molecular flexibility index (Phi) is 6.35. The van der Waals surface area contributed by atoms with Crippen molar-refractivity contribution >= 4 is 28.8 Å². The second-order valence-corrected chi connectivity index (χ2v) is 9.29. The van der Waals surface area contributed by atoms with Crippen molar-refractivity contribution in [2.75, 3.05) is 7.05 Å². The molecule has 0 saturated heterocycles. The molecule has 2 heterocycles. The third-order valence-electron chi connectivity index (χ3n) is 5.29. The second-order valence-electron chi connectivity index (χ2n) is 8.44. The number of nitrogens with two attached hydrogens (primary N) is 1. The number of halogens is 2. The Morgan fingerprint density at radius 1 is 1.06 bits per heavy atom. The first-order valence-electron chi connectivity index (χ1n) is 10.5. The summed E-state index contributed by atoms with van der Waals surface area (Å²) >= 11 is 12.7. The van der Waals surface area contributed by atoms with Crippen molar-refractivity contribution in [3.05, 3.63) is 101 Å². The van der Waals surface area contributed by atoms with E-state index in [9.17, 15) is 0 Å². The highest BCUT2D eigenvalue weighted by Crippen LogP contribution is 2.44. The highest BCUT2D eigenvalue weighted by atomic mass is 35.5. The summed E-state index contributed by atoms with van der Waals surface area (Å²) in [5.41, 5.74) is 5.52. The molecule has 1 aliphatic rings. The molecule has 6 heteroatoms. The Balaban J connectivity index is 2.03. The van der Waals surface area contributed by atoms with E-state index >= 15 is 0 Å². The van der Waals surface area contributed by atoms with Crippen LogP contribution in [0.25, 0.3) is 28.0 Å². The van der Waals surface area contributed by atoms with Crippen LogP contribution in [0.15, 0.2) is 85.1 Å². The highest BCUT2D eigenvalue weighted by molar-refractivity contribution is 6.33. The van der Waals surface area contributed by atoms with Crippen molar-refractivity contribution < 1.29 is 4.74 Å². The Hall–Kier alpha value is -3.05. The summed E-state index contributed by atoms with van der Waals surface area (Å²) in [7, 11) is 1.77. The number of nitrogens with zero attached hydrogens (tertiary/aromatic N) is 2. The number of aromatic nitrogens is 1. The van der Waals surface area contributed by atoms with Gasteiger partial charge in [0.15, 0.2) is 0 Å². The zero-order valence-corrected chi connectivity index (χ0v) is 20.3. The summed E-state index contributed by atoms with van der Waals surface area (Å²) in [4.78, 5) is 5.00. The van der Waals surface area contributed by atoms with Crippen LogP contribution in [0, 0.1) is 0 Å². The average Bonchev–Trinajstić information content (AvgIpc) is 2.76. The van der Waals surface area contributed by atoms with Gasteiger partial charge in [-0.25, -0.2) is 10.8 Å². The van der Waals surface area contributed by atoms with E-state index in [2.05, 4.69) is 18.7 Å². The molecule has 0 aliphatic carbocycles. The van der Waals surface area contributed by atoms with Gasteiger partial charge >= 0.3 is 0 Å². The fourth-order valence-electron chi connectivity index (χ4n) is 3.87. The zero-order valence-electron chi connectivity index (χ0n) is 18.8. The molecule has 1 aliphatic heterocycles. The van der Waals surface area contributed by atoms with E-state index in [1.807, 2.05) is 68.6 Å². The van der Waals surface area contributed by atoms with Crippen LogP contribution < -0.4 is 10.6 Å². The molecular weight excluding hydrogens is 453 g/mol. The smallest absolute Gasteiger partial charge is 0.222 e. The minimum absolute atomic E-state index is 0.526. The number of hydrazine groups is 1. The van der Waals surface area contributed by atoms with E-state index in [4.69, 9.17) is 38.8 Å². The van der Waals surface area contributed by atoms with Crippen LogP contribution in [-0.2, 0) is 0 Å². The molecule has 0 amide bonds. The zero-order chi connectivity index (χ0) is 23.8. The first-order valence-corrected chi connectivity index (χ1v) is 11.2. The van der Waals surface area contributed by atoms with Gasteiger partial charge in [-0.15, -0.1) is 0 Å². The van der Waals surface area contributed by atoms with Gasteiger partial charge in [0, 0.05) is 40.0 Å². The average molecular weight is 478 g/mol. The molecule has 0 radical (unpaired) electrons. The predicted molar refractivity (Wildman–Crippen MR) is 138 cm³/mol. The van der Waals surface area contributed by atoms with Crippen molar-refractivity contribution in [3.63, 3.8) is 0 Å². The summed E-state index contributed by atoms with van der Waals surface area (Å²) < 4.78 is 6.30. The first kappa shape index (κ1) is 23.1. The third-order valence-corrected chi connectivity index (χ3v) is 5.87. The Labute approximate surface area is 204 Å². The Morgan fingerprint density at radius 3 is 2.39 bits per heavy atom. The van der Waals surface area contributed by atoms with E-state index in [1.54, 1.807) is 13.1 Å². The lowest BCUT2D eigenvalue weighted by molar-refractivity contribution is 0.150. The van der Waals surface area contributed by atoms with E-state index in [-0.39, 0.29) is 0 Å². The number of fused-ring (bicyclic) bond motifs is 1. The number of ether oxygens (including phenoxy) is 1. The third kappa shape index (κ3) is 4.83. The van der Waals surface area contributed by atoms with Crippen molar-refractivity contribution in [2.24, 2.45) is 5.84 Å². The minimum atomic E-state index is -0.579. The van der Waals surface area contributed by atoms with E-state index in [0.717, 1.165) is 39.1 Å². The summed E-state index contributed by atoms with van der Waals surface area (Å²) in [5, 5.41) is 2.78. The van der Waals surface area contributed by atoms with Gasteiger partial charge in [-0.2, -0.15) is 0 Å². The highest BCUT2D eigenvalue weighted by Gasteiger charge is 2.30. The standard InChI is InChI=1S/C27H25Cl2N3O/c1-5-17(16-32(4)30)23-15-27(2,3)33-26-22(23)14-21(18-10-12-19(28)13-11-18)25(31-26)20-8-6-7-9-24(20)29/h5-16H,1,30H2,2-4H3/b17-16+. The molecule has 2 aromatic carbocycles. The number of hydrogen-bond acceptors (Lipinski definition) is 4. The van der Waals surface area contributed by atoms with Gasteiger partial charge in [-0.3, -0.25) is 0 Å². The monoisotopic (exact) mass is 477 g/mol. The molecule has 0 saturated carbocycles. The summed E-state index contributed by atoms with van der Waals surface area (Å²) in [5.74, 6) is 6.45.